The van der Waals surface area contributed by atoms with Crippen LogP contribution in [0.1, 0.15) is 38.2 Å². The van der Waals surface area contributed by atoms with Crippen LogP contribution in [-0.2, 0) is 10.3 Å². The zero-order chi connectivity index (χ0) is 13.9. The maximum Gasteiger partial charge on any atom is 0.239 e. The molecule has 1 fully saturated rings. The number of hydrogen-bond acceptors (Lipinski definition) is 3. The van der Waals surface area contributed by atoms with E-state index in [1.807, 2.05) is 30.3 Å². The molecule has 0 aliphatic heterocycles. The van der Waals surface area contributed by atoms with Crippen molar-refractivity contribution in [2.24, 2.45) is 0 Å². The van der Waals surface area contributed by atoms with Crippen LogP contribution < -0.4 is 5.32 Å². The number of amides is 1. The Morgan fingerprint density at radius 1 is 1.37 bits per heavy atom. The van der Waals surface area contributed by atoms with E-state index in [2.05, 4.69) is 5.32 Å². The fourth-order valence-electron chi connectivity index (χ4n) is 3.04. The van der Waals surface area contributed by atoms with Crippen molar-refractivity contribution in [3.63, 3.8) is 0 Å². The van der Waals surface area contributed by atoms with Crippen molar-refractivity contribution in [3.8, 4) is 0 Å². The number of carbonyl (C=O) groups excluding carboxylic acids is 1. The third-order valence-electron chi connectivity index (χ3n) is 3.81. The van der Waals surface area contributed by atoms with Crippen molar-refractivity contribution in [1.29, 1.82) is 0 Å². The van der Waals surface area contributed by atoms with Crippen molar-refractivity contribution in [2.45, 2.75) is 44.2 Å². The highest BCUT2D eigenvalue weighted by Crippen LogP contribution is 2.38. The number of rotatable bonds is 3. The van der Waals surface area contributed by atoms with Gasteiger partial charge in [-0.05, 0) is 18.4 Å². The first kappa shape index (κ1) is 13.5. The van der Waals surface area contributed by atoms with Gasteiger partial charge in [0.25, 0.3) is 0 Å². The van der Waals surface area contributed by atoms with Crippen molar-refractivity contribution < 1.29 is 9.72 Å². The van der Waals surface area contributed by atoms with Crippen LogP contribution in [0.15, 0.2) is 30.3 Å². The summed E-state index contributed by atoms with van der Waals surface area (Å²) < 4.78 is 0. The van der Waals surface area contributed by atoms with Gasteiger partial charge in [0.2, 0.25) is 11.9 Å². The Hall–Kier alpha value is -1.91. The lowest BCUT2D eigenvalue weighted by atomic mass is 9.73. The number of nitro groups is 1. The highest BCUT2D eigenvalue weighted by atomic mass is 16.6. The minimum Gasteiger partial charge on any atom is -0.340 e. The molecule has 0 aromatic heterocycles. The van der Waals surface area contributed by atoms with Gasteiger partial charge in [-0.15, -0.1) is 0 Å². The van der Waals surface area contributed by atoms with Gasteiger partial charge in [-0.2, -0.15) is 0 Å². The Bertz CT molecular complexity index is 475. The van der Waals surface area contributed by atoms with Gasteiger partial charge >= 0.3 is 0 Å². The van der Waals surface area contributed by atoms with Gasteiger partial charge in [0.05, 0.1) is 0 Å². The SMILES string of the molecule is CC(=O)N[C@]1(c2ccccc2)CCCC[C@H]1[N+](=O)[O-]. The third kappa shape index (κ3) is 2.59. The van der Waals surface area contributed by atoms with E-state index < -0.39 is 11.6 Å². The molecule has 0 radical (unpaired) electrons. The molecule has 1 aliphatic rings. The first-order chi connectivity index (χ1) is 9.06. The highest BCUT2D eigenvalue weighted by Gasteiger charge is 2.50. The smallest absolute Gasteiger partial charge is 0.239 e. The van der Waals surface area contributed by atoms with Crippen LogP contribution in [0.4, 0.5) is 0 Å². The van der Waals surface area contributed by atoms with Crippen molar-refractivity contribution in [1.82, 2.24) is 5.32 Å². The molecule has 102 valence electrons. The second-order valence-electron chi connectivity index (χ2n) is 5.07. The van der Waals surface area contributed by atoms with E-state index in [9.17, 15) is 14.9 Å². The van der Waals surface area contributed by atoms with Gasteiger partial charge in [-0.25, -0.2) is 0 Å². The Morgan fingerprint density at radius 2 is 2.05 bits per heavy atom. The minimum atomic E-state index is -0.866. The summed E-state index contributed by atoms with van der Waals surface area (Å²) in [7, 11) is 0. The molecule has 1 N–H and O–H groups in total. The molecule has 2 atom stereocenters. The summed E-state index contributed by atoms with van der Waals surface area (Å²) >= 11 is 0. The van der Waals surface area contributed by atoms with Crippen LogP contribution in [0, 0.1) is 10.1 Å². The Kier molecular flexibility index (Phi) is 3.83. The van der Waals surface area contributed by atoms with Crippen LogP contribution in [0.5, 0.6) is 0 Å². The number of hydrogen-bond donors (Lipinski definition) is 1. The molecule has 0 bridgehead atoms. The average molecular weight is 262 g/mol. The first-order valence-corrected chi connectivity index (χ1v) is 6.54. The van der Waals surface area contributed by atoms with Crippen LogP contribution in [0.2, 0.25) is 0 Å². The largest absolute Gasteiger partial charge is 0.340 e. The van der Waals surface area contributed by atoms with Gasteiger partial charge in [-0.1, -0.05) is 36.8 Å². The zero-order valence-electron chi connectivity index (χ0n) is 11.0. The lowest BCUT2D eigenvalue weighted by molar-refractivity contribution is -0.540. The van der Waals surface area contributed by atoms with Crippen molar-refractivity contribution >= 4 is 5.91 Å². The first-order valence-electron chi connectivity index (χ1n) is 6.54. The van der Waals surface area contributed by atoms with Gasteiger partial charge < -0.3 is 5.32 Å². The molecule has 1 saturated carbocycles. The molecule has 1 aromatic carbocycles. The summed E-state index contributed by atoms with van der Waals surface area (Å²) in [5.41, 5.74) is -0.0407. The zero-order valence-corrected chi connectivity index (χ0v) is 11.0. The molecule has 0 saturated heterocycles. The van der Waals surface area contributed by atoms with E-state index in [1.165, 1.54) is 6.92 Å². The van der Waals surface area contributed by atoms with E-state index in [0.717, 1.165) is 18.4 Å². The van der Waals surface area contributed by atoms with Gasteiger partial charge in [0, 0.05) is 18.3 Å². The summed E-state index contributed by atoms with van der Waals surface area (Å²) in [6.45, 7) is 1.41. The lowest BCUT2D eigenvalue weighted by Crippen LogP contribution is -2.57. The van der Waals surface area contributed by atoms with Crippen LogP contribution in [0.25, 0.3) is 0 Å². The minimum absolute atomic E-state index is 0.224. The van der Waals surface area contributed by atoms with Gasteiger partial charge in [0.15, 0.2) is 0 Å². The van der Waals surface area contributed by atoms with E-state index in [4.69, 9.17) is 0 Å². The van der Waals surface area contributed by atoms with Crippen LogP contribution >= 0.6 is 0 Å². The maximum atomic E-state index is 11.5. The molecule has 1 aliphatic carbocycles. The number of benzene rings is 1. The molecule has 0 spiro atoms. The number of nitrogens with one attached hydrogen (secondary N) is 1. The topological polar surface area (TPSA) is 72.2 Å². The van der Waals surface area contributed by atoms with E-state index >= 15 is 0 Å². The molecule has 2 rings (SSSR count). The molecule has 19 heavy (non-hydrogen) atoms. The fourth-order valence-corrected chi connectivity index (χ4v) is 3.04. The second-order valence-corrected chi connectivity index (χ2v) is 5.07. The molecular weight excluding hydrogens is 244 g/mol. The molecule has 5 heteroatoms. The summed E-state index contributed by atoms with van der Waals surface area (Å²) in [5.74, 6) is -0.224. The van der Waals surface area contributed by atoms with E-state index in [1.54, 1.807) is 0 Å². The number of carbonyl (C=O) groups is 1. The molecule has 5 nitrogen and oxygen atoms in total. The van der Waals surface area contributed by atoms with Crippen molar-refractivity contribution in [3.05, 3.63) is 46.0 Å². The summed E-state index contributed by atoms with van der Waals surface area (Å²) in [6, 6.07) is 8.53. The second kappa shape index (κ2) is 5.38. The Morgan fingerprint density at radius 3 is 2.63 bits per heavy atom. The van der Waals surface area contributed by atoms with Crippen LogP contribution in [0.3, 0.4) is 0 Å². The summed E-state index contributed by atoms with van der Waals surface area (Å²) in [4.78, 5) is 22.7. The number of nitrogens with zero attached hydrogens (tertiary/aromatic N) is 1. The van der Waals surface area contributed by atoms with Crippen molar-refractivity contribution in [2.75, 3.05) is 0 Å². The predicted molar refractivity (Wildman–Crippen MR) is 71.2 cm³/mol. The van der Waals surface area contributed by atoms with Gasteiger partial charge in [-0.3, -0.25) is 14.9 Å². The molecule has 0 heterocycles. The quantitative estimate of drug-likeness (QED) is 0.670. The maximum absolute atomic E-state index is 11.5. The summed E-state index contributed by atoms with van der Waals surface area (Å²) in [6.07, 6.45) is 2.84. The highest BCUT2D eigenvalue weighted by molar-refractivity contribution is 5.74. The lowest BCUT2D eigenvalue weighted by Gasteiger charge is -2.39. The van der Waals surface area contributed by atoms with Crippen LogP contribution in [-0.4, -0.2) is 16.9 Å². The average Bonchev–Trinajstić information content (AvgIpc) is 2.39. The molecule has 1 aromatic rings. The third-order valence-corrected chi connectivity index (χ3v) is 3.81. The fraction of sp³-hybridized carbons (Fsp3) is 0.500. The van der Waals surface area contributed by atoms with E-state index in [-0.39, 0.29) is 10.8 Å². The molecule has 0 unspecified atom stereocenters. The molecule has 1 amide bonds. The molecular formula is C14H18N2O3. The normalized spacial score (nSPS) is 26.7. The Labute approximate surface area is 112 Å². The predicted octanol–water partition coefficient (Wildman–Crippen LogP) is 2.24. The standard InChI is InChI=1S/C14H18N2O3/c1-11(17)15-14(12-7-3-2-4-8-12)10-6-5-9-13(14)16(18)19/h2-4,7-8,13H,5-6,9-10H2,1H3,(H,15,17)/t13-,14+/m1/s1. The van der Waals surface area contributed by atoms with E-state index in [0.29, 0.717) is 12.8 Å². The summed E-state index contributed by atoms with van der Waals surface area (Å²) in [5, 5.41) is 14.2. The Balaban J connectivity index is 2.48. The van der Waals surface area contributed by atoms with Gasteiger partial charge in [0.1, 0.15) is 5.54 Å². The monoisotopic (exact) mass is 262 g/mol.